The second kappa shape index (κ2) is 11.2. The average molecular weight is 384 g/mol. The van der Waals surface area contributed by atoms with E-state index in [0.29, 0.717) is 19.7 Å². The Labute approximate surface area is 169 Å². The molecule has 0 saturated heterocycles. The van der Waals surface area contributed by atoms with Gasteiger partial charge in [-0.05, 0) is 51.0 Å². The van der Waals surface area contributed by atoms with Crippen molar-refractivity contribution >= 4 is 11.8 Å². The summed E-state index contributed by atoms with van der Waals surface area (Å²) < 4.78 is 5.75. The van der Waals surface area contributed by atoms with E-state index in [-0.39, 0.29) is 0 Å². The molecule has 0 spiro atoms. The zero-order chi connectivity index (χ0) is 20.4. The Morgan fingerprint density at radius 2 is 1.82 bits per heavy atom. The summed E-state index contributed by atoms with van der Waals surface area (Å²) in [6.07, 6.45) is 1.92. The Bertz CT molecular complexity index is 754. The largest absolute Gasteiger partial charge is 0.494 e. The number of nitrogens with zero attached hydrogens (tertiary/aromatic N) is 3. The van der Waals surface area contributed by atoms with Crippen LogP contribution in [0.15, 0.2) is 41.5 Å². The number of benzene rings is 1. The van der Waals surface area contributed by atoms with Crippen LogP contribution in [0.1, 0.15) is 37.5 Å². The van der Waals surface area contributed by atoms with Gasteiger partial charge in [-0.25, -0.2) is 4.98 Å². The van der Waals surface area contributed by atoms with Crippen LogP contribution in [-0.4, -0.2) is 37.7 Å². The molecular formula is C22H33N5O. The van der Waals surface area contributed by atoms with E-state index in [4.69, 9.17) is 4.74 Å². The topological polar surface area (TPSA) is 61.8 Å². The molecule has 2 aromatic rings. The Morgan fingerprint density at radius 1 is 1.07 bits per heavy atom. The molecule has 0 aliphatic heterocycles. The molecule has 0 unspecified atom stereocenters. The number of hydrogen-bond acceptors (Lipinski definition) is 4. The average Bonchev–Trinajstić information content (AvgIpc) is 2.71. The number of aryl methyl sites for hydroxylation is 1. The highest BCUT2D eigenvalue weighted by atomic mass is 16.5. The van der Waals surface area contributed by atoms with Crippen LogP contribution in [0.5, 0.6) is 5.75 Å². The zero-order valence-corrected chi connectivity index (χ0v) is 17.7. The lowest BCUT2D eigenvalue weighted by Crippen LogP contribution is -2.36. The predicted octanol–water partition coefficient (Wildman–Crippen LogP) is 3.50. The number of aromatic nitrogens is 1. The van der Waals surface area contributed by atoms with Crippen molar-refractivity contribution in [2.24, 2.45) is 4.99 Å². The van der Waals surface area contributed by atoms with Crippen molar-refractivity contribution in [2.75, 3.05) is 31.6 Å². The van der Waals surface area contributed by atoms with Crippen LogP contribution < -0.4 is 20.3 Å². The molecule has 1 heterocycles. The SMILES string of the molecule is CCOc1cc(C)ccc1CNC(=NC)NCc1ccc(N(CC)CC)nc1. The highest BCUT2D eigenvalue weighted by Gasteiger charge is 2.06. The third-order valence-corrected chi connectivity index (χ3v) is 4.55. The van der Waals surface area contributed by atoms with Crippen LogP contribution in [-0.2, 0) is 13.1 Å². The van der Waals surface area contributed by atoms with Gasteiger partial charge in [0.25, 0.3) is 0 Å². The number of anilines is 1. The van der Waals surface area contributed by atoms with E-state index in [1.807, 2.05) is 13.1 Å². The Kier molecular flexibility index (Phi) is 8.59. The van der Waals surface area contributed by atoms with Gasteiger partial charge in [-0.15, -0.1) is 0 Å². The summed E-state index contributed by atoms with van der Waals surface area (Å²) in [7, 11) is 1.77. The van der Waals surface area contributed by atoms with Gasteiger partial charge in [0, 0.05) is 45.0 Å². The lowest BCUT2D eigenvalue weighted by molar-refractivity contribution is 0.336. The number of pyridine rings is 1. The molecule has 0 bridgehead atoms. The molecule has 0 fully saturated rings. The van der Waals surface area contributed by atoms with Crippen LogP contribution in [0.4, 0.5) is 5.82 Å². The van der Waals surface area contributed by atoms with Crippen LogP contribution >= 0.6 is 0 Å². The minimum atomic E-state index is 0.647. The summed E-state index contributed by atoms with van der Waals surface area (Å²) in [4.78, 5) is 11.1. The summed E-state index contributed by atoms with van der Waals surface area (Å²) in [6.45, 7) is 12.2. The molecule has 0 saturated carbocycles. The van der Waals surface area contributed by atoms with Crippen molar-refractivity contribution in [2.45, 2.75) is 40.8 Å². The minimum absolute atomic E-state index is 0.647. The van der Waals surface area contributed by atoms with Gasteiger partial charge in [0.15, 0.2) is 5.96 Å². The Morgan fingerprint density at radius 3 is 2.43 bits per heavy atom. The second-order valence-electron chi connectivity index (χ2n) is 6.52. The zero-order valence-electron chi connectivity index (χ0n) is 17.7. The first-order chi connectivity index (χ1) is 13.6. The number of guanidine groups is 1. The highest BCUT2D eigenvalue weighted by Crippen LogP contribution is 2.20. The molecule has 0 aliphatic carbocycles. The molecule has 0 amide bonds. The maximum absolute atomic E-state index is 5.75. The fraction of sp³-hybridized carbons (Fsp3) is 0.455. The number of aliphatic imine (C=N–C) groups is 1. The molecule has 6 nitrogen and oxygen atoms in total. The Hall–Kier alpha value is -2.76. The van der Waals surface area contributed by atoms with Crippen molar-refractivity contribution in [3.8, 4) is 5.75 Å². The predicted molar refractivity (Wildman–Crippen MR) is 117 cm³/mol. The van der Waals surface area contributed by atoms with Crippen molar-refractivity contribution in [3.05, 3.63) is 53.2 Å². The molecule has 152 valence electrons. The number of ether oxygens (including phenoxy) is 1. The molecule has 1 aromatic heterocycles. The first-order valence-electron chi connectivity index (χ1n) is 9.97. The standard InChI is InChI=1S/C22H33N5O/c1-6-27(7-2)21-12-10-18(14-24-21)15-25-22(23-5)26-16-19-11-9-17(4)13-20(19)28-8-3/h9-14H,6-8,15-16H2,1-5H3,(H2,23,25,26). The van der Waals surface area contributed by atoms with Crippen LogP contribution in [0, 0.1) is 6.92 Å². The van der Waals surface area contributed by atoms with Crippen molar-refractivity contribution in [1.82, 2.24) is 15.6 Å². The monoisotopic (exact) mass is 383 g/mol. The lowest BCUT2D eigenvalue weighted by Gasteiger charge is -2.19. The normalized spacial score (nSPS) is 11.2. The molecular weight excluding hydrogens is 350 g/mol. The summed E-state index contributed by atoms with van der Waals surface area (Å²) in [5, 5.41) is 6.69. The van der Waals surface area contributed by atoms with E-state index >= 15 is 0 Å². The summed E-state index contributed by atoms with van der Waals surface area (Å²) in [5.74, 6) is 2.68. The lowest BCUT2D eigenvalue weighted by atomic mass is 10.1. The quantitative estimate of drug-likeness (QED) is 0.513. The summed E-state index contributed by atoms with van der Waals surface area (Å²) in [5.41, 5.74) is 3.42. The van der Waals surface area contributed by atoms with Crippen molar-refractivity contribution in [3.63, 3.8) is 0 Å². The van der Waals surface area contributed by atoms with Gasteiger partial charge in [0.2, 0.25) is 0 Å². The van der Waals surface area contributed by atoms with Gasteiger partial charge < -0.3 is 20.3 Å². The smallest absolute Gasteiger partial charge is 0.191 e. The summed E-state index contributed by atoms with van der Waals surface area (Å²) >= 11 is 0. The molecule has 28 heavy (non-hydrogen) atoms. The Balaban J connectivity index is 1.91. The second-order valence-corrected chi connectivity index (χ2v) is 6.52. The van der Waals surface area contributed by atoms with Crippen LogP contribution in [0.25, 0.3) is 0 Å². The van der Waals surface area contributed by atoms with Gasteiger partial charge in [-0.1, -0.05) is 18.2 Å². The van der Waals surface area contributed by atoms with Crippen molar-refractivity contribution < 1.29 is 4.74 Å². The maximum Gasteiger partial charge on any atom is 0.191 e. The minimum Gasteiger partial charge on any atom is -0.494 e. The van der Waals surface area contributed by atoms with Gasteiger partial charge in [0.1, 0.15) is 11.6 Å². The molecule has 0 atom stereocenters. The molecule has 1 aromatic carbocycles. The third kappa shape index (κ3) is 6.15. The summed E-state index contributed by atoms with van der Waals surface area (Å²) in [6, 6.07) is 10.4. The number of rotatable bonds is 9. The van der Waals surface area contributed by atoms with Gasteiger partial charge in [-0.2, -0.15) is 0 Å². The van der Waals surface area contributed by atoms with E-state index in [9.17, 15) is 0 Å². The fourth-order valence-electron chi connectivity index (χ4n) is 2.94. The fourth-order valence-corrected chi connectivity index (χ4v) is 2.94. The molecule has 0 radical (unpaired) electrons. The van der Waals surface area contributed by atoms with E-state index in [1.54, 1.807) is 7.05 Å². The van der Waals surface area contributed by atoms with E-state index in [1.165, 1.54) is 5.56 Å². The van der Waals surface area contributed by atoms with Gasteiger partial charge in [-0.3, -0.25) is 4.99 Å². The van der Waals surface area contributed by atoms with Crippen LogP contribution in [0.2, 0.25) is 0 Å². The van der Waals surface area contributed by atoms with E-state index < -0.39 is 0 Å². The maximum atomic E-state index is 5.75. The van der Waals surface area contributed by atoms with Gasteiger partial charge in [0.05, 0.1) is 6.61 Å². The first-order valence-corrected chi connectivity index (χ1v) is 9.97. The highest BCUT2D eigenvalue weighted by molar-refractivity contribution is 5.79. The van der Waals surface area contributed by atoms with E-state index in [2.05, 4.69) is 76.6 Å². The van der Waals surface area contributed by atoms with E-state index in [0.717, 1.165) is 41.7 Å². The molecule has 0 aliphatic rings. The first kappa shape index (κ1) is 21.5. The number of hydrogen-bond donors (Lipinski definition) is 2. The third-order valence-electron chi connectivity index (χ3n) is 4.55. The molecule has 2 rings (SSSR count). The molecule has 6 heteroatoms. The van der Waals surface area contributed by atoms with Crippen LogP contribution in [0.3, 0.4) is 0 Å². The van der Waals surface area contributed by atoms with Gasteiger partial charge >= 0.3 is 0 Å². The number of nitrogens with one attached hydrogen (secondary N) is 2. The van der Waals surface area contributed by atoms with Crippen molar-refractivity contribution in [1.29, 1.82) is 0 Å². The molecule has 2 N–H and O–H groups in total.